The molecular weight excluding hydrogens is 168 g/mol. The largest absolute Gasteiger partial charge is 0.768 e. The van der Waals surface area contributed by atoms with Gasteiger partial charge in [-0.15, -0.1) is 0 Å². The fourth-order valence-corrected chi connectivity index (χ4v) is 1.06. The van der Waals surface area contributed by atoms with Crippen molar-refractivity contribution in [2.45, 2.75) is 0 Å². The number of carbonyl (C=O) groups is 2. The minimum atomic E-state index is -2.61. The van der Waals surface area contributed by atoms with E-state index in [0.717, 1.165) is 18.2 Å². The normalized spacial score (nSPS) is 19.9. The molecule has 1 unspecified atom stereocenters. The van der Waals surface area contributed by atoms with Crippen molar-refractivity contribution in [2.75, 3.05) is 0 Å². The third kappa shape index (κ3) is 1.69. The molecule has 0 spiro atoms. The second-order valence-corrected chi connectivity index (χ2v) is 2.75. The number of ketones is 2. The standard InChI is InChI=1S/C6H4O4S/c7-4-1-2-5(8)6(3-4)11(9)10/h1-3H,(H,9,10)/p-1. The van der Waals surface area contributed by atoms with Gasteiger partial charge in [-0.1, -0.05) is 0 Å². The van der Waals surface area contributed by atoms with Gasteiger partial charge in [0.05, 0.1) is 4.91 Å². The Kier molecular flexibility index (Phi) is 2.11. The summed E-state index contributed by atoms with van der Waals surface area (Å²) in [5.41, 5.74) is 0. The van der Waals surface area contributed by atoms with Gasteiger partial charge >= 0.3 is 0 Å². The van der Waals surface area contributed by atoms with E-state index in [1.165, 1.54) is 0 Å². The molecular formula is C6H3O4S-. The van der Waals surface area contributed by atoms with Gasteiger partial charge in [0.1, 0.15) is 0 Å². The predicted molar refractivity (Wildman–Crippen MR) is 36.2 cm³/mol. The van der Waals surface area contributed by atoms with E-state index in [2.05, 4.69) is 0 Å². The quantitative estimate of drug-likeness (QED) is 0.392. The summed E-state index contributed by atoms with van der Waals surface area (Å²) in [7, 11) is 0. The number of hydrogen-bond acceptors (Lipinski definition) is 4. The van der Waals surface area contributed by atoms with Crippen LogP contribution in [-0.2, 0) is 20.7 Å². The van der Waals surface area contributed by atoms with Crippen molar-refractivity contribution in [1.29, 1.82) is 0 Å². The van der Waals surface area contributed by atoms with Crippen LogP contribution in [0.5, 0.6) is 0 Å². The lowest BCUT2D eigenvalue weighted by molar-refractivity contribution is -0.114. The zero-order valence-corrected chi connectivity index (χ0v) is 6.09. The van der Waals surface area contributed by atoms with Crippen molar-refractivity contribution >= 4 is 22.6 Å². The Balaban J connectivity index is 3.03. The van der Waals surface area contributed by atoms with Gasteiger partial charge in [-0.2, -0.15) is 0 Å². The van der Waals surface area contributed by atoms with Crippen LogP contribution in [0, 0.1) is 0 Å². The van der Waals surface area contributed by atoms with Crippen LogP contribution in [0.3, 0.4) is 0 Å². The van der Waals surface area contributed by atoms with E-state index in [9.17, 15) is 18.4 Å². The molecule has 0 N–H and O–H groups in total. The topological polar surface area (TPSA) is 74.3 Å². The first-order chi connectivity index (χ1) is 5.11. The second-order valence-electron chi connectivity index (χ2n) is 1.84. The Bertz CT molecular complexity index is 300. The van der Waals surface area contributed by atoms with Gasteiger partial charge < -0.3 is 4.55 Å². The molecule has 11 heavy (non-hydrogen) atoms. The lowest BCUT2D eigenvalue weighted by Gasteiger charge is -2.08. The van der Waals surface area contributed by atoms with Gasteiger partial charge in [0, 0.05) is 6.08 Å². The monoisotopic (exact) mass is 171 g/mol. The molecule has 4 nitrogen and oxygen atoms in total. The van der Waals surface area contributed by atoms with E-state index in [4.69, 9.17) is 0 Å². The Morgan fingerprint density at radius 3 is 2.36 bits per heavy atom. The van der Waals surface area contributed by atoms with Gasteiger partial charge in [-0.25, -0.2) is 0 Å². The zero-order chi connectivity index (χ0) is 8.43. The summed E-state index contributed by atoms with van der Waals surface area (Å²) in [6.45, 7) is 0. The van der Waals surface area contributed by atoms with Gasteiger partial charge in [-0.05, 0) is 23.2 Å². The van der Waals surface area contributed by atoms with Crippen LogP contribution < -0.4 is 0 Å². The van der Waals surface area contributed by atoms with E-state index >= 15 is 0 Å². The highest BCUT2D eigenvalue weighted by Crippen LogP contribution is 2.07. The summed E-state index contributed by atoms with van der Waals surface area (Å²) in [5.74, 6) is -1.14. The summed E-state index contributed by atoms with van der Waals surface area (Å²) in [6, 6.07) is 0. The van der Waals surface area contributed by atoms with E-state index in [0.29, 0.717) is 0 Å². The number of rotatable bonds is 1. The van der Waals surface area contributed by atoms with E-state index in [1.807, 2.05) is 0 Å². The molecule has 0 saturated carbocycles. The Labute approximate surface area is 64.9 Å². The van der Waals surface area contributed by atoms with Gasteiger partial charge in [0.15, 0.2) is 11.6 Å². The first-order valence-corrected chi connectivity index (χ1v) is 3.76. The van der Waals surface area contributed by atoms with Crippen LogP contribution in [0.2, 0.25) is 0 Å². The minimum Gasteiger partial charge on any atom is -0.768 e. The molecule has 1 aliphatic rings. The van der Waals surface area contributed by atoms with Gasteiger partial charge in [0.25, 0.3) is 0 Å². The average molecular weight is 171 g/mol. The van der Waals surface area contributed by atoms with Gasteiger partial charge in [0.2, 0.25) is 0 Å². The fraction of sp³-hybridized carbons (Fsp3) is 0. The molecule has 0 saturated heterocycles. The van der Waals surface area contributed by atoms with Crippen molar-refractivity contribution in [2.24, 2.45) is 0 Å². The average Bonchev–Trinajstić information content (AvgIpc) is 1.94. The highest BCUT2D eigenvalue weighted by atomic mass is 32.2. The smallest absolute Gasteiger partial charge is 0.193 e. The first kappa shape index (κ1) is 8.03. The maximum atomic E-state index is 10.7. The van der Waals surface area contributed by atoms with Crippen LogP contribution in [0.25, 0.3) is 0 Å². The lowest BCUT2D eigenvalue weighted by atomic mass is 10.2. The molecule has 1 rings (SSSR count). The Morgan fingerprint density at radius 2 is 1.91 bits per heavy atom. The Hall–Kier alpha value is -1.07. The molecule has 0 aliphatic heterocycles. The third-order valence-electron chi connectivity index (χ3n) is 1.09. The molecule has 1 atom stereocenters. The zero-order valence-electron chi connectivity index (χ0n) is 5.27. The summed E-state index contributed by atoms with van der Waals surface area (Å²) < 4.78 is 20.5. The maximum Gasteiger partial charge on any atom is 0.193 e. The SMILES string of the molecule is O=C1C=CC(=O)C(S(=O)[O-])=C1. The van der Waals surface area contributed by atoms with Crippen molar-refractivity contribution in [3.05, 3.63) is 23.1 Å². The van der Waals surface area contributed by atoms with Crippen molar-refractivity contribution < 1.29 is 18.4 Å². The highest BCUT2D eigenvalue weighted by molar-refractivity contribution is 7.84. The molecule has 5 heteroatoms. The van der Waals surface area contributed by atoms with Crippen molar-refractivity contribution in [3.63, 3.8) is 0 Å². The third-order valence-corrected chi connectivity index (χ3v) is 1.77. The van der Waals surface area contributed by atoms with Crippen LogP contribution in [0.4, 0.5) is 0 Å². The van der Waals surface area contributed by atoms with Crippen LogP contribution in [0.1, 0.15) is 0 Å². The minimum absolute atomic E-state index is 0.475. The molecule has 0 heterocycles. The predicted octanol–water partition coefficient (Wildman–Crippen LogP) is -0.543. The van der Waals surface area contributed by atoms with Crippen LogP contribution in [-0.4, -0.2) is 20.3 Å². The summed E-state index contributed by atoms with van der Waals surface area (Å²) >= 11 is -2.61. The van der Waals surface area contributed by atoms with Crippen molar-refractivity contribution in [3.8, 4) is 0 Å². The lowest BCUT2D eigenvalue weighted by Crippen LogP contribution is -2.11. The molecule has 0 fully saturated rings. The molecule has 0 amide bonds. The highest BCUT2D eigenvalue weighted by Gasteiger charge is 2.12. The molecule has 58 valence electrons. The van der Waals surface area contributed by atoms with Crippen LogP contribution >= 0.6 is 0 Å². The van der Waals surface area contributed by atoms with Gasteiger partial charge in [-0.3, -0.25) is 13.8 Å². The molecule has 0 radical (unpaired) electrons. The molecule has 0 aromatic heterocycles. The second kappa shape index (κ2) is 2.89. The molecule has 0 aromatic rings. The summed E-state index contributed by atoms with van der Waals surface area (Å²) in [6.07, 6.45) is 2.76. The first-order valence-electron chi connectivity index (χ1n) is 2.68. The Morgan fingerprint density at radius 1 is 1.27 bits per heavy atom. The molecule has 0 bridgehead atoms. The fourth-order valence-electron chi connectivity index (χ4n) is 0.619. The number of allylic oxidation sites excluding steroid dienone is 4. The number of hydrogen-bond donors (Lipinski definition) is 0. The number of carbonyl (C=O) groups excluding carboxylic acids is 2. The van der Waals surface area contributed by atoms with E-state index < -0.39 is 27.6 Å². The van der Waals surface area contributed by atoms with E-state index in [1.54, 1.807) is 0 Å². The maximum absolute atomic E-state index is 10.7. The molecule has 1 aliphatic carbocycles. The summed E-state index contributed by atoms with van der Waals surface area (Å²) in [5, 5.41) is 0. The van der Waals surface area contributed by atoms with Crippen molar-refractivity contribution in [1.82, 2.24) is 0 Å². The molecule has 0 aromatic carbocycles. The summed E-state index contributed by atoms with van der Waals surface area (Å²) in [4.78, 5) is 20.7. The van der Waals surface area contributed by atoms with Crippen LogP contribution in [0.15, 0.2) is 23.1 Å². The van der Waals surface area contributed by atoms with E-state index in [-0.39, 0.29) is 0 Å².